The van der Waals surface area contributed by atoms with E-state index in [1.165, 1.54) is 35.6 Å². The van der Waals surface area contributed by atoms with E-state index in [0.717, 1.165) is 0 Å². The zero-order valence-electron chi connectivity index (χ0n) is 10.4. The SMILES string of the molecule is CC(O)(CNC(=O)c1cccs1)c1ccc(F)cc1. The second-order valence-corrected chi connectivity index (χ2v) is 5.39. The van der Waals surface area contributed by atoms with Gasteiger partial charge in [-0.1, -0.05) is 18.2 Å². The number of carbonyl (C=O) groups excluding carboxylic acids is 1. The molecule has 0 bridgehead atoms. The summed E-state index contributed by atoms with van der Waals surface area (Å²) in [6, 6.07) is 9.08. The molecule has 2 aromatic rings. The summed E-state index contributed by atoms with van der Waals surface area (Å²) < 4.78 is 12.8. The molecule has 100 valence electrons. The van der Waals surface area contributed by atoms with Crippen molar-refractivity contribution in [3.05, 3.63) is 58.0 Å². The highest BCUT2D eigenvalue weighted by atomic mass is 32.1. The quantitative estimate of drug-likeness (QED) is 0.903. The average molecular weight is 279 g/mol. The summed E-state index contributed by atoms with van der Waals surface area (Å²) in [6.45, 7) is 1.64. The van der Waals surface area contributed by atoms with E-state index >= 15 is 0 Å². The molecule has 1 amide bonds. The molecule has 2 N–H and O–H groups in total. The maximum Gasteiger partial charge on any atom is 0.261 e. The van der Waals surface area contributed by atoms with E-state index in [9.17, 15) is 14.3 Å². The minimum absolute atomic E-state index is 0.0648. The molecule has 5 heteroatoms. The molecule has 1 unspecified atom stereocenters. The number of thiophene rings is 1. The molecule has 0 radical (unpaired) electrons. The number of amides is 1. The van der Waals surface area contributed by atoms with Gasteiger partial charge in [0.15, 0.2) is 0 Å². The molecule has 1 atom stereocenters. The van der Waals surface area contributed by atoms with E-state index in [1.54, 1.807) is 19.1 Å². The summed E-state index contributed by atoms with van der Waals surface area (Å²) >= 11 is 1.34. The van der Waals surface area contributed by atoms with Crippen LogP contribution in [0.3, 0.4) is 0 Å². The minimum Gasteiger partial charge on any atom is -0.384 e. The van der Waals surface area contributed by atoms with Crippen LogP contribution in [0.25, 0.3) is 0 Å². The van der Waals surface area contributed by atoms with Gasteiger partial charge >= 0.3 is 0 Å². The lowest BCUT2D eigenvalue weighted by Gasteiger charge is -2.24. The van der Waals surface area contributed by atoms with E-state index in [1.807, 2.05) is 5.38 Å². The fourth-order valence-electron chi connectivity index (χ4n) is 1.66. The van der Waals surface area contributed by atoms with Crippen molar-refractivity contribution in [1.82, 2.24) is 5.32 Å². The Bertz CT molecular complexity index is 549. The van der Waals surface area contributed by atoms with Crippen LogP contribution in [0.4, 0.5) is 4.39 Å². The number of benzene rings is 1. The minimum atomic E-state index is -1.24. The Kier molecular flexibility index (Phi) is 3.97. The van der Waals surface area contributed by atoms with E-state index < -0.39 is 5.60 Å². The Morgan fingerprint density at radius 2 is 2.05 bits per heavy atom. The van der Waals surface area contributed by atoms with Crippen molar-refractivity contribution in [3.8, 4) is 0 Å². The number of halogens is 1. The zero-order chi connectivity index (χ0) is 13.9. The third kappa shape index (κ3) is 3.39. The van der Waals surface area contributed by atoms with Gasteiger partial charge in [-0.05, 0) is 36.1 Å². The Hall–Kier alpha value is -1.72. The third-order valence-electron chi connectivity index (χ3n) is 2.80. The summed E-state index contributed by atoms with van der Waals surface area (Å²) in [7, 11) is 0. The fourth-order valence-corrected chi connectivity index (χ4v) is 2.30. The second-order valence-electron chi connectivity index (χ2n) is 4.44. The van der Waals surface area contributed by atoms with Crippen LogP contribution in [-0.2, 0) is 5.60 Å². The summed E-state index contributed by atoms with van der Waals surface area (Å²) in [4.78, 5) is 12.4. The van der Waals surface area contributed by atoms with Crippen LogP contribution in [0.1, 0.15) is 22.2 Å². The van der Waals surface area contributed by atoms with Gasteiger partial charge in [0.25, 0.3) is 5.91 Å². The van der Waals surface area contributed by atoms with Crippen molar-refractivity contribution < 1.29 is 14.3 Å². The average Bonchev–Trinajstić information content (AvgIpc) is 2.90. The van der Waals surface area contributed by atoms with Crippen molar-refractivity contribution in [1.29, 1.82) is 0 Å². The number of hydrogen-bond donors (Lipinski definition) is 2. The Morgan fingerprint density at radius 3 is 2.63 bits per heavy atom. The molecular formula is C14H14FNO2S. The molecule has 0 saturated carbocycles. The monoisotopic (exact) mass is 279 g/mol. The van der Waals surface area contributed by atoms with E-state index in [4.69, 9.17) is 0 Å². The fraction of sp³-hybridized carbons (Fsp3) is 0.214. The highest BCUT2D eigenvalue weighted by Crippen LogP contribution is 2.20. The molecule has 19 heavy (non-hydrogen) atoms. The first kappa shape index (κ1) is 13.7. The molecule has 1 heterocycles. The van der Waals surface area contributed by atoms with Gasteiger partial charge in [0.1, 0.15) is 11.4 Å². The van der Waals surface area contributed by atoms with Gasteiger partial charge in [-0.15, -0.1) is 11.3 Å². The largest absolute Gasteiger partial charge is 0.384 e. The van der Waals surface area contributed by atoms with Crippen LogP contribution in [0, 0.1) is 5.82 Å². The van der Waals surface area contributed by atoms with Crippen LogP contribution in [0.2, 0.25) is 0 Å². The van der Waals surface area contributed by atoms with Crippen molar-refractivity contribution in [2.24, 2.45) is 0 Å². The van der Waals surface area contributed by atoms with E-state index in [0.29, 0.717) is 10.4 Å². The molecule has 3 nitrogen and oxygen atoms in total. The molecular weight excluding hydrogens is 265 g/mol. The van der Waals surface area contributed by atoms with Crippen LogP contribution in [-0.4, -0.2) is 17.6 Å². The van der Waals surface area contributed by atoms with Gasteiger partial charge in [-0.3, -0.25) is 4.79 Å². The van der Waals surface area contributed by atoms with Crippen molar-refractivity contribution in [2.75, 3.05) is 6.54 Å². The summed E-state index contributed by atoms with van der Waals surface area (Å²) in [6.07, 6.45) is 0. The molecule has 0 spiro atoms. The van der Waals surface area contributed by atoms with Crippen molar-refractivity contribution in [3.63, 3.8) is 0 Å². The zero-order valence-corrected chi connectivity index (χ0v) is 11.2. The Labute approximate surface area is 114 Å². The lowest BCUT2D eigenvalue weighted by atomic mass is 9.96. The predicted octanol–water partition coefficient (Wildman–Crippen LogP) is 2.52. The van der Waals surface area contributed by atoms with Gasteiger partial charge in [-0.2, -0.15) is 0 Å². The number of nitrogens with one attached hydrogen (secondary N) is 1. The second kappa shape index (κ2) is 5.50. The summed E-state index contributed by atoms with van der Waals surface area (Å²) in [5, 5.41) is 14.8. The topological polar surface area (TPSA) is 49.3 Å². The number of rotatable bonds is 4. The maximum atomic E-state index is 12.8. The van der Waals surface area contributed by atoms with Gasteiger partial charge in [0, 0.05) is 0 Å². The maximum absolute atomic E-state index is 12.8. The Morgan fingerprint density at radius 1 is 1.37 bits per heavy atom. The molecule has 2 rings (SSSR count). The molecule has 0 aliphatic rings. The predicted molar refractivity (Wildman–Crippen MR) is 72.6 cm³/mol. The van der Waals surface area contributed by atoms with Crippen LogP contribution < -0.4 is 5.32 Å². The lowest BCUT2D eigenvalue weighted by molar-refractivity contribution is 0.0527. The number of carbonyl (C=O) groups is 1. The molecule has 0 aliphatic carbocycles. The summed E-state index contributed by atoms with van der Waals surface area (Å²) in [5.41, 5.74) is -0.680. The number of hydrogen-bond acceptors (Lipinski definition) is 3. The first-order valence-electron chi connectivity index (χ1n) is 5.79. The first-order chi connectivity index (χ1) is 8.99. The first-order valence-corrected chi connectivity index (χ1v) is 6.67. The van der Waals surface area contributed by atoms with E-state index in [-0.39, 0.29) is 18.3 Å². The van der Waals surface area contributed by atoms with Crippen LogP contribution >= 0.6 is 11.3 Å². The lowest BCUT2D eigenvalue weighted by Crippen LogP contribution is -2.38. The van der Waals surface area contributed by atoms with E-state index in [2.05, 4.69) is 5.32 Å². The highest BCUT2D eigenvalue weighted by Gasteiger charge is 2.24. The highest BCUT2D eigenvalue weighted by molar-refractivity contribution is 7.12. The van der Waals surface area contributed by atoms with Gasteiger partial charge in [-0.25, -0.2) is 4.39 Å². The van der Waals surface area contributed by atoms with Crippen molar-refractivity contribution in [2.45, 2.75) is 12.5 Å². The van der Waals surface area contributed by atoms with Gasteiger partial charge < -0.3 is 10.4 Å². The smallest absolute Gasteiger partial charge is 0.261 e. The standard InChI is InChI=1S/C14H14FNO2S/c1-14(18,10-4-6-11(15)7-5-10)9-16-13(17)12-3-2-8-19-12/h2-8,18H,9H2,1H3,(H,16,17). The van der Waals surface area contributed by atoms with Crippen LogP contribution in [0.15, 0.2) is 41.8 Å². The van der Waals surface area contributed by atoms with Gasteiger partial charge in [0.2, 0.25) is 0 Å². The van der Waals surface area contributed by atoms with Crippen molar-refractivity contribution >= 4 is 17.2 Å². The molecule has 1 aromatic heterocycles. The molecule has 0 saturated heterocycles. The molecule has 0 fully saturated rings. The molecule has 1 aromatic carbocycles. The van der Waals surface area contributed by atoms with Gasteiger partial charge in [0.05, 0.1) is 11.4 Å². The Balaban J connectivity index is 2.01. The number of aliphatic hydroxyl groups is 1. The normalized spacial score (nSPS) is 13.8. The van der Waals surface area contributed by atoms with Crippen LogP contribution in [0.5, 0.6) is 0 Å². The third-order valence-corrected chi connectivity index (χ3v) is 3.67. The molecule has 0 aliphatic heterocycles. The summed E-state index contributed by atoms with van der Waals surface area (Å²) in [5.74, 6) is -0.584.